The van der Waals surface area contributed by atoms with E-state index in [1.54, 1.807) is 0 Å². The molecule has 3 aliphatic rings. The zero-order valence-electron chi connectivity index (χ0n) is 15.8. The Balaban J connectivity index is 0.00000180. The maximum Gasteiger partial charge on any atom is 0.226 e. The van der Waals surface area contributed by atoms with E-state index in [9.17, 15) is 4.79 Å². The average molecular weight is 385 g/mol. The lowest BCUT2D eigenvalue weighted by atomic mass is 9.99. The molecule has 1 aliphatic heterocycles. The molecule has 3 nitrogen and oxygen atoms in total. The average Bonchev–Trinajstić information content (AvgIpc) is 3.60. The van der Waals surface area contributed by atoms with Gasteiger partial charge in [-0.25, -0.2) is 0 Å². The molecule has 2 saturated carbocycles. The van der Waals surface area contributed by atoms with Crippen LogP contribution in [0.3, 0.4) is 0 Å². The lowest BCUT2D eigenvalue weighted by molar-refractivity contribution is -0.133. The number of likely N-dealkylation sites (tertiary alicyclic amines) is 1. The van der Waals surface area contributed by atoms with Crippen LogP contribution in [-0.2, 0) is 4.79 Å². The standard InChI is InChI=1S/C23H28N2O.ClH/c26-23(25-12-10-18(11-13-25)24-15-16-8-9-16)22-14-21(22)20-7-3-5-17-4-1-2-6-19(17)20;/h1-7,16,18,21-22,24H,8-15H2;1H. The molecule has 1 amide bonds. The Bertz CT molecular complexity index is 806. The molecule has 2 aromatic rings. The number of nitrogens with zero attached hydrogens (tertiary/aromatic N) is 1. The normalized spacial score (nSPS) is 25.3. The number of fused-ring (bicyclic) bond motifs is 1. The summed E-state index contributed by atoms with van der Waals surface area (Å²) >= 11 is 0. The Morgan fingerprint density at radius 2 is 1.74 bits per heavy atom. The number of piperidine rings is 1. The molecule has 0 aromatic heterocycles. The molecule has 0 radical (unpaired) electrons. The van der Waals surface area contributed by atoms with Gasteiger partial charge in [0.1, 0.15) is 0 Å². The summed E-state index contributed by atoms with van der Waals surface area (Å²) in [6.07, 6.45) is 6.06. The highest BCUT2D eigenvalue weighted by Gasteiger charge is 2.46. The summed E-state index contributed by atoms with van der Waals surface area (Å²) in [5, 5.41) is 6.31. The number of halogens is 1. The summed E-state index contributed by atoms with van der Waals surface area (Å²) in [6.45, 7) is 3.05. The largest absolute Gasteiger partial charge is 0.342 e. The molecule has 2 atom stereocenters. The second kappa shape index (κ2) is 7.81. The number of rotatable bonds is 5. The number of amides is 1. The Labute approximate surface area is 167 Å². The van der Waals surface area contributed by atoms with Crippen LogP contribution >= 0.6 is 12.4 Å². The van der Waals surface area contributed by atoms with Gasteiger partial charge in [-0.05, 0) is 66.8 Å². The van der Waals surface area contributed by atoms with Crippen molar-refractivity contribution < 1.29 is 4.79 Å². The van der Waals surface area contributed by atoms with Gasteiger partial charge < -0.3 is 10.2 Å². The van der Waals surface area contributed by atoms with E-state index in [-0.39, 0.29) is 18.3 Å². The Morgan fingerprint density at radius 1 is 1.00 bits per heavy atom. The fourth-order valence-corrected chi connectivity index (χ4v) is 4.58. The second-order valence-electron chi connectivity index (χ2n) is 8.47. The highest BCUT2D eigenvalue weighted by Crippen LogP contribution is 2.50. The maximum atomic E-state index is 13.0. The smallest absolute Gasteiger partial charge is 0.226 e. The minimum Gasteiger partial charge on any atom is -0.342 e. The number of hydrogen-bond acceptors (Lipinski definition) is 2. The molecular formula is C23H29ClN2O. The maximum absolute atomic E-state index is 13.0. The minimum absolute atomic E-state index is 0. The van der Waals surface area contributed by atoms with Crippen LogP contribution in [0.1, 0.15) is 43.6 Å². The van der Waals surface area contributed by atoms with Crippen LogP contribution in [0, 0.1) is 11.8 Å². The summed E-state index contributed by atoms with van der Waals surface area (Å²) < 4.78 is 0. The quantitative estimate of drug-likeness (QED) is 0.830. The van der Waals surface area contributed by atoms with Crippen LogP contribution in [0.2, 0.25) is 0 Å². The van der Waals surface area contributed by atoms with E-state index in [1.807, 2.05) is 0 Å². The zero-order valence-corrected chi connectivity index (χ0v) is 16.6. The van der Waals surface area contributed by atoms with Gasteiger partial charge in [-0.3, -0.25) is 4.79 Å². The van der Waals surface area contributed by atoms with Crippen LogP contribution in [0.4, 0.5) is 0 Å². The number of benzene rings is 2. The van der Waals surface area contributed by atoms with Crippen molar-refractivity contribution in [3.8, 4) is 0 Å². The summed E-state index contributed by atoms with van der Waals surface area (Å²) in [5.74, 6) is 1.95. The van der Waals surface area contributed by atoms with Crippen LogP contribution < -0.4 is 5.32 Å². The van der Waals surface area contributed by atoms with Gasteiger partial charge in [0.2, 0.25) is 5.91 Å². The zero-order chi connectivity index (χ0) is 17.5. The van der Waals surface area contributed by atoms with Crippen molar-refractivity contribution in [1.82, 2.24) is 10.2 Å². The fourth-order valence-electron chi connectivity index (χ4n) is 4.58. The van der Waals surface area contributed by atoms with Gasteiger partial charge in [0.15, 0.2) is 0 Å². The third kappa shape index (κ3) is 4.00. The Morgan fingerprint density at radius 3 is 2.52 bits per heavy atom. The van der Waals surface area contributed by atoms with Crippen molar-refractivity contribution in [1.29, 1.82) is 0 Å². The lowest BCUT2D eigenvalue weighted by Crippen LogP contribution is -2.46. The monoisotopic (exact) mass is 384 g/mol. The van der Waals surface area contributed by atoms with E-state index in [0.29, 0.717) is 17.9 Å². The third-order valence-corrected chi connectivity index (χ3v) is 6.53. The number of hydrogen-bond donors (Lipinski definition) is 1. The first kappa shape index (κ1) is 18.8. The molecule has 2 aliphatic carbocycles. The van der Waals surface area contributed by atoms with Crippen molar-refractivity contribution in [2.75, 3.05) is 19.6 Å². The number of carbonyl (C=O) groups is 1. The van der Waals surface area contributed by atoms with Gasteiger partial charge in [0.05, 0.1) is 0 Å². The van der Waals surface area contributed by atoms with E-state index in [1.165, 1.54) is 35.7 Å². The van der Waals surface area contributed by atoms with Crippen molar-refractivity contribution in [2.24, 2.45) is 11.8 Å². The number of nitrogens with one attached hydrogen (secondary N) is 1. The van der Waals surface area contributed by atoms with Crippen molar-refractivity contribution >= 4 is 29.1 Å². The molecular weight excluding hydrogens is 356 g/mol. The molecule has 1 saturated heterocycles. The second-order valence-corrected chi connectivity index (χ2v) is 8.47. The topological polar surface area (TPSA) is 32.3 Å². The van der Waals surface area contributed by atoms with E-state index in [2.05, 4.69) is 52.7 Å². The van der Waals surface area contributed by atoms with Gasteiger partial charge >= 0.3 is 0 Å². The summed E-state index contributed by atoms with van der Waals surface area (Å²) in [6, 6.07) is 15.7. The highest BCUT2D eigenvalue weighted by molar-refractivity contribution is 5.89. The van der Waals surface area contributed by atoms with Crippen LogP contribution in [-0.4, -0.2) is 36.5 Å². The van der Waals surface area contributed by atoms with Gasteiger partial charge in [-0.1, -0.05) is 42.5 Å². The fraction of sp³-hybridized carbons (Fsp3) is 0.522. The molecule has 1 heterocycles. The molecule has 144 valence electrons. The van der Waals surface area contributed by atoms with E-state index < -0.39 is 0 Å². The molecule has 2 aromatic carbocycles. The van der Waals surface area contributed by atoms with Gasteiger partial charge in [-0.15, -0.1) is 12.4 Å². The molecule has 5 rings (SSSR count). The van der Waals surface area contributed by atoms with Crippen LogP contribution in [0.5, 0.6) is 0 Å². The summed E-state index contributed by atoms with van der Waals surface area (Å²) in [4.78, 5) is 15.1. The Hall–Kier alpha value is -1.58. The molecule has 3 fully saturated rings. The van der Waals surface area contributed by atoms with Gasteiger partial charge in [0, 0.05) is 25.0 Å². The van der Waals surface area contributed by atoms with Crippen LogP contribution in [0.15, 0.2) is 42.5 Å². The third-order valence-electron chi connectivity index (χ3n) is 6.53. The lowest BCUT2D eigenvalue weighted by Gasteiger charge is -2.33. The molecule has 2 unspecified atom stereocenters. The minimum atomic E-state index is 0. The van der Waals surface area contributed by atoms with Gasteiger partial charge in [-0.2, -0.15) is 0 Å². The Kier molecular flexibility index (Phi) is 5.43. The summed E-state index contributed by atoms with van der Waals surface area (Å²) in [7, 11) is 0. The molecule has 0 spiro atoms. The van der Waals surface area contributed by atoms with Gasteiger partial charge in [0.25, 0.3) is 0 Å². The predicted octanol–water partition coefficient (Wildman–Crippen LogP) is 4.36. The molecule has 27 heavy (non-hydrogen) atoms. The number of carbonyl (C=O) groups excluding carboxylic acids is 1. The van der Waals surface area contributed by atoms with Crippen molar-refractivity contribution in [2.45, 2.75) is 44.1 Å². The predicted molar refractivity (Wildman–Crippen MR) is 112 cm³/mol. The molecule has 4 heteroatoms. The first-order chi connectivity index (χ1) is 12.8. The summed E-state index contributed by atoms with van der Waals surface area (Å²) in [5.41, 5.74) is 1.36. The first-order valence-corrected chi connectivity index (χ1v) is 10.3. The molecule has 1 N–H and O–H groups in total. The van der Waals surface area contributed by atoms with E-state index in [0.717, 1.165) is 38.3 Å². The first-order valence-electron chi connectivity index (χ1n) is 10.3. The molecule has 0 bridgehead atoms. The van der Waals surface area contributed by atoms with Crippen molar-refractivity contribution in [3.05, 3.63) is 48.0 Å². The van der Waals surface area contributed by atoms with Crippen LogP contribution in [0.25, 0.3) is 10.8 Å². The SMILES string of the molecule is Cl.O=C(C1CC1c1cccc2ccccc12)N1CCC(NCC2CC2)CC1. The highest BCUT2D eigenvalue weighted by atomic mass is 35.5. The van der Waals surface area contributed by atoms with E-state index >= 15 is 0 Å². The van der Waals surface area contributed by atoms with Crippen molar-refractivity contribution in [3.63, 3.8) is 0 Å². The van der Waals surface area contributed by atoms with E-state index in [4.69, 9.17) is 0 Å².